The largest absolute Gasteiger partial charge is 0.491 e. The van der Waals surface area contributed by atoms with Crippen molar-refractivity contribution >= 4 is 17.5 Å². The van der Waals surface area contributed by atoms with Crippen LogP contribution in [0.1, 0.15) is 49.5 Å². The number of benzene rings is 2. The monoisotopic (exact) mass is 495 g/mol. The lowest BCUT2D eigenvalue weighted by molar-refractivity contribution is -0.116. The van der Waals surface area contributed by atoms with E-state index in [1.807, 2.05) is 13.0 Å². The van der Waals surface area contributed by atoms with Crippen LogP contribution in [-0.4, -0.2) is 74.2 Å². The minimum atomic E-state index is -0.153. The number of rotatable bonds is 7. The molecule has 3 rings (SSSR count). The summed E-state index contributed by atoms with van der Waals surface area (Å²) in [6.45, 7) is 8.96. The molecular formula is C29H41N3O4. The lowest BCUT2D eigenvalue weighted by Crippen LogP contribution is -2.47. The van der Waals surface area contributed by atoms with E-state index in [0.29, 0.717) is 36.6 Å². The third-order valence-corrected chi connectivity index (χ3v) is 6.87. The van der Waals surface area contributed by atoms with Crippen molar-refractivity contribution in [3.63, 3.8) is 0 Å². The van der Waals surface area contributed by atoms with E-state index < -0.39 is 0 Å². The second kappa shape index (κ2) is 13.4. The summed E-state index contributed by atoms with van der Waals surface area (Å²) in [6, 6.07) is 15.9. The van der Waals surface area contributed by atoms with Crippen LogP contribution in [0.15, 0.2) is 48.5 Å². The Labute approximate surface area is 215 Å². The van der Waals surface area contributed by atoms with Crippen molar-refractivity contribution in [1.82, 2.24) is 9.80 Å². The number of carbonyl (C=O) groups excluding carboxylic acids is 2. The van der Waals surface area contributed by atoms with Gasteiger partial charge in [0.05, 0.1) is 11.7 Å². The summed E-state index contributed by atoms with van der Waals surface area (Å²) in [5, 5.41) is 2.89. The molecule has 0 unspecified atom stereocenters. The summed E-state index contributed by atoms with van der Waals surface area (Å²) >= 11 is 0. The third-order valence-electron chi connectivity index (χ3n) is 6.87. The molecule has 2 aromatic carbocycles. The zero-order chi connectivity index (χ0) is 26.1. The highest BCUT2D eigenvalue weighted by molar-refractivity contribution is 5.99. The smallest absolute Gasteiger partial charge is 0.257 e. The average molecular weight is 496 g/mol. The van der Waals surface area contributed by atoms with Crippen molar-refractivity contribution in [1.29, 1.82) is 0 Å². The molecule has 0 saturated carbocycles. The van der Waals surface area contributed by atoms with Gasteiger partial charge < -0.3 is 19.7 Å². The molecule has 0 spiro atoms. The van der Waals surface area contributed by atoms with E-state index in [-0.39, 0.29) is 29.9 Å². The number of nitrogens with one attached hydrogen (secondary N) is 1. The number of hydrogen-bond donors (Lipinski definition) is 1. The van der Waals surface area contributed by atoms with Crippen LogP contribution in [0.3, 0.4) is 0 Å². The zero-order valence-corrected chi connectivity index (χ0v) is 22.3. The number of hydrogen-bond acceptors (Lipinski definition) is 5. The van der Waals surface area contributed by atoms with Gasteiger partial charge in [0, 0.05) is 51.9 Å². The van der Waals surface area contributed by atoms with Crippen molar-refractivity contribution in [2.45, 2.75) is 52.2 Å². The van der Waals surface area contributed by atoms with Crippen LogP contribution in [0.5, 0.6) is 5.75 Å². The molecule has 0 aliphatic carbocycles. The molecule has 0 radical (unpaired) electrons. The molecule has 0 bridgehead atoms. The topological polar surface area (TPSA) is 71.1 Å². The Morgan fingerprint density at radius 3 is 2.58 bits per heavy atom. The number of likely N-dealkylation sites (N-methyl/N-ethyl adjacent to an activating group) is 1. The van der Waals surface area contributed by atoms with E-state index in [2.05, 4.69) is 48.3 Å². The van der Waals surface area contributed by atoms with Gasteiger partial charge in [-0.25, -0.2) is 0 Å². The molecule has 0 aromatic heterocycles. The SMILES string of the molecule is CCCC(=O)Nc1ccc2c(c1)C(=O)N(C)C[C@@H](OC)[C@@H](C)CN(CCc1ccccc1)[C@@H](C)CO2. The van der Waals surface area contributed by atoms with Crippen molar-refractivity contribution in [2.24, 2.45) is 5.92 Å². The molecule has 0 fully saturated rings. The fourth-order valence-electron chi connectivity index (χ4n) is 4.61. The van der Waals surface area contributed by atoms with Gasteiger partial charge in [0.25, 0.3) is 5.91 Å². The highest BCUT2D eigenvalue weighted by Gasteiger charge is 2.28. The van der Waals surface area contributed by atoms with Crippen molar-refractivity contribution in [3.05, 3.63) is 59.7 Å². The minimum absolute atomic E-state index is 0.0664. The van der Waals surface area contributed by atoms with Gasteiger partial charge >= 0.3 is 0 Å². The maximum atomic E-state index is 13.5. The van der Waals surface area contributed by atoms with Gasteiger partial charge in [-0.3, -0.25) is 14.5 Å². The second-order valence-corrected chi connectivity index (χ2v) is 9.84. The predicted molar refractivity (Wildman–Crippen MR) is 144 cm³/mol. The van der Waals surface area contributed by atoms with Crippen LogP contribution in [0.25, 0.3) is 0 Å². The molecule has 1 N–H and O–H groups in total. The Hall–Kier alpha value is -2.90. The predicted octanol–water partition coefficient (Wildman–Crippen LogP) is 4.47. The van der Waals surface area contributed by atoms with E-state index in [0.717, 1.165) is 25.9 Å². The van der Waals surface area contributed by atoms with E-state index in [9.17, 15) is 9.59 Å². The van der Waals surface area contributed by atoms with Crippen LogP contribution in [0, 0.1) is 5.92 Å². The van der Waals surface area contributed by atoms with Crippen molar-refractivity contribution in [2.75, 3.05) is 45.7 Å². The summed E-state index contributed by atoms with van der Waals surface area (Å²) in [7, 11) is 3.50. The lowest BCUT2D eigenvalue weighted by Gasteiger charge is -2.36. The first-order chi connectivity index (χ1) is 17.3. The van der Waals surface area contributed by atoms with Gasteiger partial charge in [0.2, 0.25) is 5.91 Å². The van der Waals surface area contributed by atoms with Gasteiger partial charge in [-0.2, -0.15) is 0 Å². The lowest BCUT2D eigenvalue weighted by atomic mass is 10.0. The molecule has 1 heterocycles. The summed E-state index contributed by atoms with van der Waals surface area (Å²) in [5.41, 5.74) is 2.35. The van der Waals surface area contributed by atoms with Crippen LogP contribution in [-0.2, 0) is 16.0 Å². The van der Waals surface area contributed by atoms with Crippen molar-refractivity contribution in [3.8, 4) is 5.75 Å². The first kappa shape index (κ1) is 27.7. The van der Waals surface area contributed by atoms with Gasteiger partial charge in [0.15, 0.2) is 0 Å². The summed E-state index contributed by atoms with van der Waals surface area (Å²) in [5.74, 6) is 0.517. The summed E-state index contributed by atoms with van der Waals surface area (Å²) < 4.78 is 12.1. The summed E-state index contributed by atoms with van der Waals surface area (Å²) in [6.07, 6.45) is 2.04. The molecule has 2 aromatic rings. The van der Waals surface area contributed by atoms with Gasteiger partial charge in [-0.15, -0.1) is 0 Å². The number of fused-ring (bicyclic) bond motifs is 1. The zero-order valence-electron chi connectivity index (χ0n) is 22.3. The number of nitrogens with zero attached hydrogens (tertiary/aromatic N) is 2. The third kappa shape index (κ3) is 7.55. The van der Waals surface area contributed by atoms with E-state index in [1.165, 1.54) is 5.56 Å². The number of methoxy groups -OCH3 is 1. The molecule has 36 heavy (non-hydrogen) atoms. The standard InChI is InChI=1S/C29H41N3O4/c1-6-10-28(33)30-24-13-14-26-25(17-24)29(34)31(4)19-27(35-5)21(2)18-32(22(3)20-36-26)16-15-23-11-8-7-9-12-23/h7-9,11-14,17,21-22,27H,6,10,15-16,18-20H2,1-5H3,(H,30,33)/t21-,22-,27+/m0/s1. The first-order valence-electron chi connectivity index (χ1n) is 12.9. The van der Waals surface area contributed by atoms with Crippen LogP contribution < -0.4 is 10.1 Å². The minimum Gasteiger partial charge on any atom is -0.491 e. The molecular weight excluding hydrogens is 454 g/mol. The molecule has 1 aliphatic heterocycles. The molecule has 7 nitrogen and oxygen atoms in total. The Kier molecular flexibility index (Phi) is 10.3. The fraction of sp³-hybridized carbons (Fsp3) is 0.517. The second-order valence-electron chi connectivity index (χ2n) is 9.84. The number of anilines is 1. The highest BCUT2D eigenvalue weighted by atomic mass is 16.5. The Balaban J connectivity index is 1.87. The summed E-state index contributed by atoms with van der Waals surface area (Å²) in [4.78, 5) is 29.7. The maximum absolute atomic E-state index is 13.5. The first-order valence-corrected chi connectivity index (χ1v) is 12.9. The van der Waals surface area contributed by atoms with Crippen LogP contribution in [0.2, 0.25) is 0 Å². The molecule has 1 aliphatic rings. The maximum Gasteiger partial charge on any atom is 0.257 e. The number of amides is 2. The van der Waals surface area contributed by atoms with Crippen LogP contribution >= 0.6 is 0 Å². The van der Waals surface area contributed by atoms with E-state index in [4.69, 9.17) is 9.47 Å². The van der Waals surface area contributed by atoms with Gasteiger partial charge in [-0.05, 0) is 49.4 Å². The Morgan fingerprint density at radius 1 is 1.14 bits per heavy atom. The fourth-order valence-corrected chi connectivity index (χ4v) is 4.61. The molecule has 3 atom stereocenters. The molecule has 7 heteroatoms. The van der Waals surface area contributed by atoms with Crippen molar-refractivity contribution < 1.29 is 19.1 Å². The van der Waals surface area contributed by atoms with Gasteiger partial charge in [-0.1, -0.05) is 44.2 Å². The van der Waals surface area contributed by atoms with E-state index in [1.54, 1.807) is 37.3 Å². The van der Waals surface area contributed by atoms with E-state index >= 15 is 0 Å². The Morgan fingerprint density at radius 2 is 1.89 bits per heavy atom. The van der Waals surface area contributed by atoms with Crippen LogP contribution in [0.4, 0.5) is 5.69 Å². The molecule has 196 valence electrons. The number of ether oxygens (including phenoxy) is 2. The highest BCUT2D eigenvalue weighted by Crippen LogP contribution is 2.26. The average Bonchev–Trinajstić information content (AvgIpc) is 2.88. The number of carbonyl (C=O) groups is 2. The molecule has 0 saturated heterocycles. The normalized spacial score (nSPS) is 21.6. The van der Waals surface area contributed by atoms with Gasteiger partial charge in [0.1, 0.15) is 12.4 Å². The quantitative estimate of drug-likeness (QED) is 0.614. The molecule has 2 amide bonds. The Bertz CT molecular complexity index is 997.